The number of aliphatic hydroxyl groups excluding tert-OH is 2. The molecule has 2 amide bonds. The van der Waals surface area contributed by atoms with Crippen LogP contribution in [0.25, 0.3) is 11.2 Å². The van der Waals surface area contributed by atoms with E-state index in [0.717, 1.165) is 17.2 Å². The maximum Gasteiger partial charge on any atom is 0.481 e. The van der Waals surface area contributed by atoms with Crippen molar-refractivity contribution in [1.29, 1.82) is 0 Å². The fourth-order valence-corrected chi connectivity index (χ4v) is 7.67. The first-order valence-electron chi connectivity index (χ1n) is 14.7. The highest BCUT2D eigenvalue weighted by Crippen LogP contribution is 2.61. The lowest BCUT2D eigenvalue weighted by Crippen LogP contribution is -2.46. The molecule has 0 radical (unpaired) electrons. The minimum atomic E-state index is -5.58. The number of carbonyl (C=O) groups excluding carboxylic acids is 3. The zero-order valence-electron chi connectivity index (χ0n) is 27.2. The van der Waals surface area contributed by atoms with Crippen LogP contribution in [0.3, 0.4) is 0 Å². The molecule has 3 heterocycles. The Balaban J connectivity index is 1.54. The summed E-state index contributed by atoms with van der Waals surface area (Å²) < 4.78 is 73.9. The van der Waals surface area contributed by atoms with Crippen LogP contribution in [-0.2, 0) is 50.7 Å². The van der Waals surface area contributed by atoms with Crippen molar-refractivity contribution in [1.82, 2.24) is 30.2 Å². The lowest BCUT2D eigenvalue weighted by atomic mass is 9.87. The largest absolute Gasteiger partial charge is 0.481 e. The third kappa shape index (κ3) is 12.8. The number of hydrogen-bond donors (Lipinski definition) is 9. The van der Waals surface area contributed by atoms with Crippen LogP contribution in [0, 0.1) is 5.41 Å². The highest BCUT2D eigenvalue weighted by molar-refractivity contribution is 8.13. The van der Waals surface area contributed by atoms with Gasteiger partial charge in [-0.3, -0.25) is 32.5 Å². The van der Waals surface area contributed by atoms with Gasteiger partial charge in [0, 0.05) is 30.7 Å². The summed E-state index contributed by atoms with van der Waals surface area (Å²) in [6.45, 7) is -0.928. The van der Waals surface area contributed by atoms with Gasteiger partial charge in [0.25, 0.3) is 0 Å². The summed E-state index contributed by atoms with van der Waals surface area (Å²) in [6, 6.07) is 0. The molecule has 1 fully saturated rings. The summed E-state index contributed by atoms with van der Waals surface area (Å²) in [6.07, 6.45) is -7.05. The Kier molecular flexibility index (Phi) is 15.4. The molecule has 29 heteroatoms. The molecule has 2 aromatic rings. The van der Waals surface area contributed by atoms with Gasteiger partial charge in [0.05, 0.1) is 19.5 Å². The average Bonchev–Trinajstić information content (AvgIpc) is 3.60. The number of nitrogens with zero attached hydrogens (tertiary/aromatic N) is 4. The van der Waals surface area contributed by atoms with E-state index in [0.29, 0.717) is 11.8 Å². The van der Waals surface area contributed by atoms with Gasteiger partial charge in [-0.25, -0.2) is 33.0 Å². The zero-order valence-corrected chi connectivity index (χ0v) is 30.7. The fraction of sp³-hybridized carbons (Fsp3) is 0.652. The normalized spacial score (nSPS) is 22.4. The SMILES string of the molecule is CC(C)(COP(=O)(O)OP(=O)(O)OCC1OC(n2cnc3c(N)ncnc32)C(O)C1OP(=O)(O)O)[C@@H](O)C(=O)NCCC(=O)NCCSC(=O)CF. The maximum absolute atomic E-state index is 12.6. The van der Waals surface area contributed by atoms with E-state index >= 15 is 0 Å². The van der Waals surface area contributed by atoms with Crippen LogP contribution < -0.4 is 16.4 Å². The molecule has 6 unspecified atom stereocenters. The van der Waals surface area contributed by atoms with Crippen LogP contribution in [0.2, 0.25) is 0 Å². The van der Waals surface area contributed by atoms with E-state index in [1.54, 1.807) is 0 Å². The number of thioether (sulfide) groups is 1. The molecule has 3 rings (SSSR count). The van der Waals surface area contributed by atoms with Gasteiger partial charge in [-0.15, -0.1) is 0 Å². The van der Waals surface area contributed by atoms with E-state index in [2.05, 4.69) is 34.4 Å². The Bertz CT molecular complexity index is 1730. The third-order valence-corrected chi connectivity index (χ3v) is 10.8. The molecule has 24 nitrogen and oxygen atoms in total. The molecule has 0 aromatic carbocycles. The molecule has 52 heavy (non-hydrogen) atoms. The van der Waals surface area contributed by atoms with Crippen LogP contribution in [0.15, 0.2) is 12.7 Å². The second-order valence-electron chi connectivity index (χ2n) is 11.4. The Morgan fingerprint density at radius 2 is 1.77 bits per heavy atom. The number of imidazole rings is 1. The van der Waals surface area contributed by atoms with Crippen LogP contribution in [-0.4, -0.2) is 129 Å². The lowest BCUT2D eigenvalue weighted by molar-refractivity contribution is -0.137. The van der Waals surface area contributed by atoms with Crippen molar-refractivity contribution in [3.63, 3.8) is 0 Å². The number of carbonyl (C=O) groups is 3. The molecule has 10 N–H and O–H groups in total. The number of aromatic nitrogens is 4. The van der Waals surface area contributed by atoms with E-state index in [4.69, 9.17) is 19.5 Å². The fourth-order valence-electron chi connectivity index (χ4n) is 4.33. The minimum absolute atomic E-state index is 0.0224. The molecule has 1 aliphatic heterocycles. The second-order valence-corrected chi connectivity index (χ2v) is 16.8. The third-order valence-electron chi connectivity index (χ3n) is 6.87. The summed E-state index contributed by atoms with van der Waals surface area (Å²) >= 11 is 0.695. The van der Waals surface area contributed by atoms with Crippen molar-refractivity contribution in [3.05, 3.63) is 12.7 Å². The number of halogens is 1. The van der Waals surface area contributed by atoms with Crippen molar-refractivity contribution >= 4 is 69.1 Å². The number of nitrogen functional groups attached to an aromatic ring is 1. The predicted octanol–water partition coefficient (Wildman–Crippen LogP) is -1.37. The van der Waals surface area contributed by atoms with Crippen LogP contribution in [0.5, 0.6) is 0 Å². The van der Waals surface area contributed by atoms with Gasteiger partial charge in [0.15, 0.2) is 24.4 Å². The molecule has 0 saturated carbocycles. The number of rotatable bonds is 20. The van der Waals surface area contributed by atoms with Gasteiger partial charge in [0.2, 0.25) is 16.9 Å². The topological polar surface area (TPSA) is 364 Å². The number of anilines is 1. The van der Waals surface area contributed by atoms with Gasteiger partial charge in [-0.05, 0) is 0 Å². The monoisotopic (exact) mass is 827 g/mol. The smallest absolute Gasteiger partial charge is 0.386 e. The highest BCUT2D eigenvalue weighted by atomic mass is 32.2. The van der Waals surface area contributed by atoms with Crippen molar-refractivity contribution < 1.29 is 84.9 Å². The average molecular weight is 828 g/mol. The van der Waals surface area contributed by atoms with E-state index < -0.39 is 96.3 Å². The minimum Gasteiger partial charge on any atom is -0.386 e. The first-order valence-corrected chi connectivity index (χ1v) is 20.2. The van der Waals surface area contributed by atoms with E-state index in [1.165, 1.54) is 13.8 Å². The standard InChI is InChI=1S/C23H37FN7O17P3S/c1-23(2,18(35)21(36)27-4-3-13(32)26-5-6-52-14(33)7-24)9-45-51(42,43)48-50(40,41)44-8-12-17(47-49(37,38)39)16(34)22(46-12)31-11-30-15-19(25)28-10-29-20(15)31/h10-12,16-18,22,34-35H,3-9H2,1-2H3,(H,26,32)(H,27,36)(H,40,41)(H,42,43)(H2,25,28,29)(H2,37,38,39)/t12?,16?,17?,18-,22?/m0/s1. The number of alkyl halides is 1. The van der Waals surface area contributed by atoms with Gasteiger partial charge in [0.1, 0.15) is 36.3 Å². The first kappa shape index (κ1) is 43.9. The van der Waals surface area contributed by atoms with Gasteiger partial charge in [-0.2, -0.15) is 4.31 Å². The quantitative estimate of drug-likeness (QED) is 0.0549. The van der Waals surface area contributed by atoms with E-state index in [1.807, 2.05) is 0 Å². The Morgan fingerprint density at radius 3 is 2.42 bits per heavy atom. The number of amides is 2. The number of nitrogens with one attached hydrogen (secondary N) is 2. The highest BCUT2D eigenvalue weighted by Gasteiger charge is 2.50. The molecule has 1 saturated heterocycles. The number of aliphatic hydroxyl groups is 2. The summed E-state index contributed by atoms with van der Waals surface area (Å²) in [5.74, 6) is -1.45. The van der Waals surface area contributed by atoms with Crippen LogP contribution >= 0.6 is 35.2 Å². The van der Waals surface area contributed by atoms with Crippen LogP contribution in [0.1, 0.15) is 26.5 Å². The van der Waals surface area contributed by atoms with Gasteiger partial charge in [-0.1, -0.05) is 25.6 Å². The number of fused-ring (bicyclic) bond motifs is 1. The number of phosphoric ester groups is 3. The summed E-state index contributed by atoms with van der Waals surface area (Å²) in [5.41, 5.74) is 4.21. The summed E-state index contributed by atoms with van der Waals surface area (Å²) in [5, 5.41) is 25.3. The number of hydrogen-bond acceptors (Lipinski definition) is 18. The molecule has 1 aliphatic rings. The number of nitrogens with two attached hydrogens (primary N) is 1. The Labute approximate surface area is 297 Å². The van der Waals surface area contributed by atoms with E-state index in [9.17, 15) is 62.3 Å². The predicted molar refractivity (Wildman–Crippen MR) is 173 cm³/mol. The first-order chi connectivity index (χ1) is 24.1. The van der Waals surface area contributed by atoms with E-state index in [-0.39, 0.29) is 42.2 Å². The number of phosphoric acid groups is 3. The van der Waals surface area contributed by atoms with Gasteiger partial charge >= 0.3 is 23.5 Å². The van der Waals surface area contributed by atoms with Crippen molar-refractivity contribution in [2.45, 2.75) is 50.9 Å². The molecule has 294 valence electrons. The molecule has 7 atom stereocenters. The summed E-state index contributed by atoms with van der Waals surface area (Å²) in [4.78, 5) is 85.9. The number of ether oxygens (including phenoxy) is 1. The molecule has 0 aliphatic carbocycles. The molecular weight excluding hydrogens is 790 g/mol. The lowest BCUT2D eigenvalue weighted by Gasteiger charge is -2.30. The molecule has 0 spiro atoms. The summed E-state index contributed by atoms with van der Waals surface area (Å²) in [7, 11) is -16.4. The Morgan fingerprint density at radius 1 is 1.10 bits per heavy atom. The maximum atomic E-state index is 12.6. The van der Waals surface area contributed by atoms with Crippen LogP contribution in [0.4, 0.5) is 10.2 Å². The molecule has 2 aromatic heterocycles. The van der Waals surface area contributed by atoms with Gasteiger partial charge < -0.3 is 50.9 Å². The molecule has 0 bridgehead atoms. The van der Waals surface area contributed by atoms with Crippen molar-refractivity contribution in [2.24, 2.45) is 5.41 Å². The van der Waals surface area contributed by atoms with Crippen molar-refractivity contribution in [3.8, 4) is 0 Å². The second kappa shape index (κ2) is 18.2. The Hall–Kier alpha value is -2.51. The zero-order chi connectivity index (χ0) is 39.1. The molecular formula is C23H37FN7O17P3S. The van der Waals surface area contributed by atoms with Crippen molar-refractivity contribution in [2.75, 3.05) is 44.5 Å².